The molecule has 2 atom stereocenters. The molecule has 1 aromatic rings. The number of thiophene rings is 1. The van der Waals surface area contributed by atoms with Crippen LogP contribution in [0, 0.1) is 23.2 Å². The average molecular weight is 264 g/mol. The van der Waals surface area contributed by atoms with Gasteiger partial charge in [-0.1, -0.05) is 6.92 Å². The Labute approximate surface area is 108 Å². The van der Waals surface area contributed by atoms with E-state index >= 15 is 0 Å². The zero-order valence-electron chi connectivity index (χ0n) is 9.80. The average Bonchev–Trinajstić information content (AvgIpc) is 2.91. The second-order valence-electron chi connectivity index (χ2n) is 4.25. The van der Waals surface area contributed by atoms with Crippen molar-refractivity contribution in [2.45, 2.75) is 13.3 Å². The maximum atomic E-state index is 11.5. The lowest BCUT2D eigenvalue weighted by Gasteiger charge is -2.04. The van der Waals surface area contributed by atoms with Crippen molar-refractivity contribution in [3.05, 3.63) is 17.0 Å². The smallest absolute Gasteiger partial charge is 0.309 e. The van der Waals surface area contributed by atoms with Crippen molar-refractivity contribution in [2.24, 2.45) is 11.8 Å². The topological polar surface area (TPSA) is 79.2 Å². The van der Waals surface area contributed by atoms with Crippen LogP contribution in [-0.2, 0) is 14.3 Å². The molecule has 0 spiro atoms. The second-order valence-corrected chi connectivity index (χ2v) is 5.17. The molecule has 2 rings (SSSR count). The molecule has 1 amide bonds. The monoisotopic (exact) mass is 264 g/mol. The Morgan fingerprint density at radius 3 is 3.00 bits per heavy atom. The molecule has 1 aromatic heterocycles. The van der Waals surface area contributed by atoms with Gasteiger partial charge < -0.3 is 10.1 Å². The van der Waals surface area contributed by atoms with E-state index in [1.54, 1.807) is 11.4 Å². The third-order valence-electron chi connectivity index (χ3n) is 2.80. The van der Waals surface area contributed by atoms with Crippen LogP contribution in [-0.4, -0.2) is 18.5 Å². The Morgan fingerprint density at radius 1 is 1.67 bits per heavy atom. The van der Waals surface area contributed by atoms with Gasteiger partial charge in [-0.25, -0.2) is 0 Å². The summed E-state index contributed by atoms with van der Waals surface area (Å²) in [5.41, 5.74) is 0.412. The summed E-state index contributed by atoms with van der Waals surface area (Å²) in [6.45, 7) is 1.67. The minimum Gasteiger partial charge on any atom is -0.455 e. The highest BCUT2D eigenvalue weighted by Crippen LogP contribution is 2.38. The predicted octanol–water partition coefficient (Wildman–Crippen LogP) is 1.76. The molecule has 1 heterocycles. The van der Waals surface area contributed by atoms with Gasteiger partial charge in [0.05, 0.1) is 11.5 Å². The van der Waals surface area contributed by atoms with Crippen molar-refractivity contribution in [1.29, 1.82) is 5.26 Å². The lowest BCUT2D eigenvalue weighted by Crippen LogP contribution is -2.21. The SMILES string of the molecule is C[C@@H]1C[C@@H]1C(=O)OCC(=O)Nc1sccc1C#N. The molecule has 5 nitrogen and oxygen atoms in total. The highest BCUT2D eigenvalue weighted by atomic mass is 32.1. The number of carbonyl (C=O) groups excluding carboxylic acids is 2. The van der Waals surface area contributed by atoms with Gasteiger partial charge in [0.15, 0.2) is 6.61 Å². The number of hydrogen-bond donors (Lipinski definition) is 1. The fourth-order valence-electron chi connectivity index (χ4n) is 1.55. The molecule has 1 N–H and O–H groups in total. The van der Waals surface area contributed by atoms with Gasteiger partial charge in [-0.3, -0.25) is 9.59 Å². The van der Waals surface area contributed by atoms with Gasteiger partial charge in [-0.05, 0) is 23.8 Å². The normalized spacial score (nSPS) is 20.9. The van der Waals surface area contributed by atoms with Crippen molar-refractivity contribution in [2.75, 3.05) is 11.9 Å². The van der Waals surface area contributed by atoms with E-state index in [-0.39, 0.29) is 18.5 Å². The van der Waals surface area contributed by atoms with Gasteiger partial charge in [0, 0.05) is 0 Å². The zero-order valence-corrected chi connectivity index (χ0v) is 10.6. The number of ether oxygens (including phenoxy) is 1. The standard InChI is InChI=1S/C12H12N2O3S/c1-7-4-9(7)12(16)17-6-10(15)14-11-8(5-13)2-3-18-11/h2-3,7,9H,4,6H2,1H3,(H,14,15)/t7-,9+/m1/s1. The van der Waals surface area contributed by atoms with E-state index in [0.29, 0.717) is 16.5 Å². The van der Waals surface area contributed by atoms with Crippen LogP contribution in [0.15, 0.2) is 11.4 Å². The summed E-state index contributed by atoms with van der Waals surface area (Å²) in [4.78, 5) is 22.9. The summed E-state index contributed by atoms with van der Waals surface area (Å²) in [6, 6.07) is 3.59. The Kier molecular flexibility index (Phi) is 3.63. The molecule has 1 aliphatic rings. The van der Waals surface area contributed by atoms with Gasteiger partial charge in [0.2, 0.25) is 0 Å². The van der Waals surface area contributed by atoms with Crippen LogP contribution >= 0.6 is 11.3 Å². The molecule has 94 valence electrons. The van der Waals surface area contributed by atoms with Crippen molar-refractivity contribution in [3.8, 4) is 6.07 Å². The fraction of sp³-hybridized carbons (Fsp3) is 0.417. The van der Waals surface area contributed by atoms with Gasteiger partial charge in [0.1, 0.15) is 11.1 Å². The molecule has 0 aromatic carbocycles. The van der Waals surface area contributed by atoms with Crippen molar-refractivity contribution >= 4 is 28.2 Å². The molecular formula is C12H12N2O3S. The number of rotatable bonds is 4. The molecule has 1 aliphatic carbocycles. The number of esters is 1. The first-order valence-corrected chi connectivity index (χ1v) is 6.44. The Balaban J connectivity index is 1.79. The molecular weight excluding hydrogens is 252 g/mol. The number of anilines is 1. The first-order valence-electron chi connectivity index (χ1n) is 5.56. The number of nitriles is 1. The molecule has 0 aliphatic heterocycles. The second kappa shape index (κ2) is 5.19. The first-order chi connectivity index (χ1) is 8.61. The number of nitrogens with zero attached hydrogens (tertiary/aromatic N) is 1. The van der Waals surface area contributed by atoms with E-state index in [0.717, 1.165) is 6.42 Å². The lowest BCUT2D eigenvalue weighted by atomic mass is 10.3. The van der Waals surface area contributed by atoms with Gasteiger partial charge in [0.25, 0.3) is 5.91 Å². The summed E-state index contributed by atoms with van der Waals surface area (Å²) >= 11 is 1.26. The molecule has 6 heteroatoms. The van der Waals surface area contributed by atoms with E-state index in [4.69, 9.17) is 10.00 Å². The van der Waals surface area contributed by atoms with E-state index in [2.05, 4.69) is 5.32 Å². The van der Waals surface area contributed by atoms with E-state index < -0.39 is 5.91 Å². The summed E-state index contributed by atoms with van der Waals surface area (Å²) < 4.78 is 4.89. The number of carbonyl (C=O) groups is 2. The maximum Gasteiger partial charge on any atom is 0.309 e. The third-order valence-corrected chi connectivity index (χ3v) is 3.63. The number of amides is 1. The molecule has 1 saturated carbocycles. The molecule has 0 bridgehead atoms. The lowest BCUT2D eigenvalue weighted by molar-refractivity contribution is -0.148. The highest BCUT2D eigenvalue weighted by Gasteiger charge is 2.40. The number of nitrogens with one attached hydrogen (secondary N) is 1. The zero-order chi connectivity index (χ0) is 13.1. The van der Waals surface area contributed by atoms with Crippen LogP contribution in [0.5, 0.6) is 0 Å². The van der Waals surface area contributed by atoms with Crippen molar-refractivity contribution < 1.29 is 14.3 Å². The highest BCUT2D eigenvalue weighted by molar-refractivity contribution is 7.14. The molecule has 0 saturated heterocycles. The summed E-state index contributed by atoms with van der Waals surface area (Å²) in [5, 5.41) is 13.5. The molecule has 0 radical (unpaired) electrons. The minimum absolute atomic E-state index is 0.0470. The van der Waals surface area contributed by atoms with Gasteiger partial charge in [-0.2, -0.15) is 5.26 Å². The van der Waals surface area contributed by atoms with Gasteiger partial charge in [-0.15, -0.1) is 11.3 Å². The fourth-order valence-corrected chi connectivity index (χ4v) is 2.30. The largest absolute Gasteiger partial charge is 0.455 e. The van der Waals surface area contributed by atoms with Crippen LogP contribution in [0.25, 0.3) is 0 Å². The Hall–Kier alpha value is -1.87. The summed E-state index contributed by atoms with van der Waals surface area (Å²) in [7, 11) is 0. The molecule has 18 heavy (non-hydrogen) atoms. The van der Waals surface area contributed by atoms with Crippen molar-refractivity contribution in [3.63, 3.8) is 0 Å². The van der Waals surface area contributed by atoms with Crippen molar-refractivity contribution in [1.82, 2.24) is 0 Å². The minimum atomic E-state index is -0.421. The van der Waals surface area contributed by atoms with Crippen LogP contribution in [0.1, 0.15) is 18.9 Å². The van der Waals surface area contributed by atoms with E-state index in [9.17, 15) is 9.59 Å². The molecule has 0 unspecified atom stereocenters. The molecule has 1 fully saturated rings. The first kappa shape index (κ1) is 12.6. The van der Waals surface area contributed by atoms with E-state index in [1.807, 2.05) is 13.0 Å². The van der Waals surface area contributed by atoms with E-state index in [1.165, 1.54) is 11.3 Å². The van der Waals surface area contributed by atoms with Crippen LogP contribution in [0.2, 0.25) is 0 Å². The quantitative estimate of drug-likeness (QED) is 0.840. The predicted molar refractivity (Wildman–Crippen MR) is 65.9 cm³/mol. The Morgan fingerprint density at radius 2 is 2.39 bits per heavy atom. The van der Waals surface area contributed by atoms with Crippen LogP contribution < -0.4 is 5.32 Å². The maximum absolute atomic E-state index is 11.5. The van der Waals surface area contributed by atoms with Crippen LogP contribution in [0.3, 0.4) is 0 Å². The summed E-state index contributed by atoms with van der Waals surface area (Å²) in [6.07, 6.45) is 0.837. The van der Waals surface area contributed by atoms with Crippen LogP contribution in [0.4, 0.5) is 5.00 Å². The summed E-state index contributed by atoms with van der Waals surface area (Å²) in [5.74, 6) is -0.419. The number of hydrogen-bond acceptors (Lipinski definition) is 5. The Bertz CT molecular complexity index is 518. The third kappa shape index (κ3) is 2.87. The van der Waals surface area contributed by atoms with Gasteiger partial charge >= 0.3 is 5.97 Å².